The zero-order valence-corrected chi connectivity index (χ0v) is 14.2. The van der Waals surface area contributed by atoms with Crippen LogP contribution < -0.4 is 5.32 Å². The van der Waals surface area contributed by atoms with E-state index in [-0.39, 0.29) is 5.91 Å². The lowest BCUT2D eigenvalue weighted by molar-refractivity contribution is 0.0949. The first-order valence-corrected chi connectivity index (χ1v) is 8.48. The SMILES string of the molecule is O=C(NCc1nc2cccnc2n1Cc1ccccc1)c1ccccc1. The first-order chi connectivity index (χ1) is 12.8. The Morgan fingerprint density at radius 1 is 0.923 bits per heavy atom. The number of pyridine rings is 1. The van der Waals surface area contributed by atoms with Crippen molar-refractivity contribution in [1.29, 1.82) is 0 Å². The van der Waals surface area contributed by atoms with Crippen molar-refractivity contribution in [2.75, 3.05) is 0 Å². The molecule has 0 aliphatic rings. The molecule has 4 rings (SSSR count). The number of fused-ring (bicyclic) bond motifs is 1. The summed E-state index contributed by atoms with van der Waals surface area (Å²) in [6.07, 6.45) is 1.76. The van der Waals surface area contributed by atoms with Crippen molar-refractivity contribution in [2.45, 2.75) is 13.1 Å². The fraction of sp³-hybridized carbons (Fsp3) is 0.0952. The van der Waals surface area contributed by atoms with E-state index in [4.69, 9.17) is 0 Å². The van der Waals surface area contributed by atoms with E-state index >= 15 is 0 Å². The van der Waals surface area contributed by atoms with Crippen molar-refractivity contribution in [3.05, 3.63) is 95.9 Å². The van der Waals surface area contributed by atoms with Gasteiger partial charge < -0.3 is 9.88 Å². The molecule has 2 aromatic carbocycles. The molecule has 0 aliphatic carbocycles. The zero-order chi connectivity index (χ0) is 17.8. The number of nitrogens with one attached hydrogen (secondary N) is 1. The summed E-state index contributed by atoms with van der Waals surface area (Å²) >= 11 is 0. The Morgan fingerprint density at radius 3 is 2.42 bits per heavy atom. The number of hydrogen-bond acceptors (Lipinski definition) is 3. The molecule has 2 heterocycles. The number of rotatable bonds is 5. The third-order valence-electron chi connectivity index (χ3n) is 4.21. The molecule has 0 fully saturated rings. The highest BCUT2D eigenvalue weighted by Gasteiger charge is 2.13. The monoisotopic (exact) mass is 342 g/mol. The molecule has 0 atom stereocenters. The molecule has 2 aromatic heterocycles. The lowest BCUT2D eigenvalue weighted by Crippen LogP contribution is -2.24. The van der Waals surface area contributed by atoms with Gasteiger partial charge in [0.25, 0.3) is 5.91 Å². The molecule has 0 aliphatic heterocycles. The topological polar surface area (TPSA) is 59.8 Å². The fourth-order valence-electron chi connectivity index (χ4n) is 2.92. The van der Waals surface area contributed by atoms with Gasteiger partial charge in [0.15, 0.2) is 5.65 Å². The van der Waals surface area contributed by atoms with Crippen LogP contribution in [0, 0.1) is 0 Å². The highest BCUT2D eigenvalue weighted by molar-refractivity contribution is 5.94. The molecule has 5 heteroatoms. The second-order valence-electron chi connectivity index (χ2n) is 5.99. The quantitative estimate of drug-likeness (QED) is 0.605. The van der Waals surface area contributed by atoms with Crippen LogP contribution in [0.3, 0.4) is 0 Å². The van der Waals surface area contributed by atoms with Crippen molar-refractivity contribution in [3.8, 4) is 0 Å². The number of carbonyl (C=O) groups is 1. The van der Waals surface area contributed by atoms with E-state index in [0.717, 1.165) is 22.6 Å². The number of aromatic nitrogens is 3. The van der Waals surface area contributed by atoms with E-state index in [1.165, 1.54) is 0 Å². The van der Waals surface area contributed by atoms with E-state index in [1.807, 2.05) is 48.5 Å². The van der Waals surface area contributed by atoms with Gasteiger partial charge >= 0.3 is 0 Å². The zero-order valence-electron chi connectivity index (χ0n) is 14.2. The summed E-state index contributed by atoms with van der Waals surface area (Å²) < 4.78 is 2.05. The number of nitrogens with zero attached hydrogens (tertiary/aromatic N) is 3. The van der Waals surface area contributed by atoms with Crippen LogP contribution in [0.4, 0.5) is 0 Å². The maximum absolute atomic E-state index is 12.3. The Balaban J connectivity index is 1.62. The van der Waals surface area contributed by atoms with Crippen LogP contribution in [0.25, 0.3) is 11.2 Å². The number of hydrogen-bond donors (Lipinski definition) is 1. The molecule has 0 saturated heterocycles. The Kier molecular flexibility index (Phi) is 4.43. The lowest BCUT2D eigenvalue weighted by Gasteiger charge is -2.10. The van der Waals surface area contributed by atoms with Gasteiger partial charge in [-0.25, -0.2) is 9.97 Å². The van der Waals surface area contributed by atoms with Gasteiger partial charge in [0.2, 0.25) is 0 Å². The van der Waals surface area contributed by atoms with Gasteiger partial charge in [0.1, 0.15) is 11.3 Å². The Hall–Kier alpha value is -3.47. The fourth-order valence-corrected chi connectivity index (χ4v) is 2.92. The molecule has 1 N–H and O–H groups in total. The number of imidazole rings is 1. The summed E-state index contributed by atoms with van der Waals surface area (Å²) in [6, 6.07) is 23.2. The molecule has 0 bridgehead atoms. The Labute approximate surface area is 151 Å². The van der Waals surface area contributed by atoms with E-state index in [1.54, 1.807) is 18.3 Å². The lowest BCUT2D eigenvalue weighted by atomic mass is 10.2. The Bertz CT molecular complexity index is 1030. The van der Waals surface area contributed by atoms with Crippen LogP contribution in [-0.4, -0.2) is 20.4 Å². The molecule has 0 spiro atoms. The van der Waals surface area contributed by atoms with Crippen LogP contribution in [0.2, 0.25) is 0 Å². The smallest absolute Gasteiger partial charge is 0.251 e. The minimum atomic E-state index is -0.114. The van der Waals surface area contributed by atoms with Crippen molar-refractivity contribution in [3.63, 3.8) is 0 Å². The van der Waals surface area contributed by atoms with E-state index in [9.17, 15) is 4.79 Å². The molecule has 0 saturated carbocycles. The average Bonchev–Trinajstić information content (AvgIpc) is 3.05. The molecular weight excluding hydrogens is 324 g/mol. The number of benzene rings is 2. The van der Waals surface area contributed by atoms with Gasteiger partial charge in [0.05, 0.1) is 13.1 Å². The normalized spacial score (nSPS) is 10.8. The van der Waals surface area contributed by atoms with Gasteiger partial charge in [-0.3, -0.25) is 4.79 Å². The first kappa shape index (κ1) is 16.0. The highest BCUT2D eigenvalue weighted by atomic mass is 16.1. The summed E-state index contributed by atoms with van der Waals surface area (Å²) in [5, 5.41) is 2.95. The molecule has 5 nitrogen and oxygen atoms in total. The second-order valence-corrected chi connectivity index (χ2v) is 5.99. The van der Waals surface area contributed by atoms with Gasteiger partial charge in [-0.05, 0) is 29.8 Å². The minimum absolute atomic E-state index is 0.114. The standard InChI is InChI=1S/C21H18N4O/c26-21(17-10-5-2-6-11-17)23-14-19-24-18-12-7-13-22-20(18)25(19)15-16-8-3-1-4-9-16/h1-13H,14-15H2,(H,23,26). The molecule has 1 amide bonds. The van der Waals surface area contributed by atoms with Crippen molar-refractivity contribution < 1.29 is 4.79 Å². The van der Waals surface area contributed by atoms with Gasteiger partial charge in [0, 0.05) is 11.8 Å². The van der Waals surface area contributed by atoms with E-state index < -0.39 is 0 Å². The largest absolute Gasteiger partial charge is 0.345 e. The summed E-state index contributed by atoms with van der Waals surface area (Å²) in [7, 11) is 0. The molecule has 128 valence electrons. The van der Waals surface area contributed by atoms with Gasteiger partial charge in [-0.15, -0.1) is 0 Å². The van der Waals surface area contributed by atoms with Crippen molar-refractivity contribution >= 4 is 17.1 Å². The number of amides is 1. The molecule has 4 aromatic rings. The van der Waals surface area contributed by atoms with Crippen LogP contribution in [-0.2, 0) is 13.1 Å². The third-order valence-corrected chi connectivity index (χ3v) is 4.21. The van der Waals surface area contributed by atoms with Gasteiger partial charge in [-0.1, -0.05) is 48.5 Å². The number of carbonyl (C=O) groups excluding carboxylic acids is 1. The maximum Gasteiger partial charge on any atom is 0.251 e. The summed E-state index contributed by atoms with van der Waals surface area (Å²) in [5.41, 5.74) is 3.44. The van der Waals surface area contributed by atoms with Crippen LogP contribution in [0.15, 0.2) is 79.0 Å². The molecule has 26 heavy (non-hydrogen) atoms. The summed E-state index contributed by atoms with van der Waals surface area (Å²) in [6.45, 7) is 1.00. The molecular formula is C21H18N4O. The Morgan fingerprint density at radius 2 is 1.65 bits per heavy atom. The minimum Gasteiger partial charge on any atom is -0.345 e. The van der Waals surface area contributed by atoms with Crippen LogP contribution in [0.5, 0.6) is 0 Å². The van der Waals surface area contributed by atoms with Gasteiger partial charge in [-0.2, -0.15) is 0 Å². The third kappa shape index (κ3) is 3.32. The predicted octanol–water partition coefficient (Wildman–Crippen LogP) is 3.41. The first-order valence-electron chi connectivity index (χ1n) is 8.48. The predicted molar refractivity (Wildman–Crippen MR) is 101 cm³/mol. The van der Waals surface area contributed by atoms with Crippen molar-refractivity contribution in [2.24, 2.45) is 0 Å². The highest BCUT2D eigenvalue weighted by Crippen LogP contribution is 2.16. The van der Waals surface area contributed by atoms with E-state index in [2.05, 4.69) is 32.0 Å². The molecule has 0 unspecified atom stereocenters. The summed E-state index contributed by atoms with van der Waals surface area (Å²) in [5.74, 6) is 0.670. The second kappa shape index (κ2) is 7.19. The summed E-state index contributed by atoms with van der Waals surface area (Å²) in [4.78, 5) is 21.5. The van der Waals surface area contributed by atoms with E-state index in [0.29, 0.717) is 18.7 Å². The average molecular weight is 342 g/mol. The maximum atomic E-state index is 12.3. The van der Waals surface area contributed by atoms with Crippen LogP contribution >= 0.6 is 0 Å². The van der Waals surface area contributed by atoms with Crippen LogP contribution in [0.1, 0.15) is 21.7 Å². The van der Waals surface area contributed by atoms with Crippen molar-refractivity contribution in [1.82, 2.24) is 19.9 Å². The molecule has 0 radical (unpaired) electrons.